The number of thioether (sulfide) groups is 1. The molecule has 0 fully saturated rings. The van der Waals surface area contributed by atoms with Crippen LogP contribution in [0.3, 0.4) is 0 Å². The molecule has 2 aromatic carbocycles. The van der Waals surface area contributed by atoms with Crippen LogP contribution in [0.4, 0.5) is 5.69 Å². The third-order valence-corrected chi connectivity index (χ3v) is 5.75. The Hall–Kier alpha value is -3.17. The molecule has 0 saturated carbocycles. The number of amides is 1. The first-order valence-corrected chi connectivity index (χ1v) is 11.4. The van der Waals surface area contributed by atoms with Crippen LogP contribution in [0.15, 0.2) is 60.3 Å². The average Bonchev–Trinajstić information content (AvgIpc) is 3.21. The van der Waals surface area contributed by atoms with Gasteiger partial charge >= 0.3 is 0 Å². The number of aromatic nitrogens is 3. The topological polar surface area (TPSA) is 87.5 Å². The summed E-state index contributed by atoms with van der Waals surface area (Å²) in [6.45, 7) is 6.16. The molecule has 1 heterocycles. The van der Waals surface area contributed by atoms with Crippen LogP contribution in [-0.4, -0.2) is 40.6 Å². The molecular weight excluding hydrogens is 464 g/mol. The fraction of sp³-hybridized carbons (Fsp3) is 0.261. The Bertz CT molecular complexity index is 1120. The summed E-state index contributed by atoms with van der Waals surface area (Å²) in [6, 6.07) is 12.3. The molecule has 0 aliphatic heterocycles. The van der Waals surface area contributed by atoms with Gasteiger partial charge in [0.25, 0.3) is 0 Å². The summed E-state index contributed by atoms with van der Waals surface area (Å²) in [5, 5.41) is 12.6. The van der Waals surface area contributed by atoms with Crippen molar-refractivity contribution >= 4 is 35.0 Å². The van der Waals surface area contributed by atoms with E-state index in [0.29, 0.717) is 45.5 Å². The number of carbonyl (C=O) groups is 1. The molecule has 0 bridgehead atoms. The number of halogens is 1. The smallest absolute Gasteiger partial charge is 0.234 e. The van der Waals surface area contributed by atoms with Gasteiger partial charge in [0.15, 0.2) is 17.1 Å². The highest BCUT2D eigenvalue weighted by molar-refractivity contribution is 7.99. The van der Waals surface area contributed by atoms with Crippen molar-refractivity contribution < 1.29 is 19.0 Å². The number of hydrogen-bond donors (Lipinski definition) is 1. The van der Waals surface area contributed by atoms with Crippen molar-refractivity contribution in [1.82, 2.24) is 14.8 Å². The van der Waals surface area contributed by atoms with E-state index in [2.05, 4.69) is 22.1 Å². The van der Waals surface area contributed by atoms with E-state index in [1.165, 1.54) is 18.9 Å². The molecule has 0 spiro atoms. The molecule has 8 nitrogen and oxygen atoms in total. The summed E-state index contributed by atoms with van der Waals surface area (Å²) in [6.07, 6.45) is 1.35. The van der Waals surface area contributed by atoms with Gasteiger partial charge in [0.1, 0.15) is 17.2 Å². The van der Waals surface area contributed by atoms with Gasteiger partial charge < -0.3 is 19.5 Å². The predicted molar refractivity (Wildman–Crippen MR) is 130 cm³/mol. The summed E-state index contributed by atoms with van der Waals surface area (Å²) in [5.41, 5.74) is 0.556. The standard InChI is InChI=1S/C23H25ClN4O4S/c1-5-11-28-22(15(2)32-18-8-6-7-16(24)12-18)26-27-23(28)33-14-21(29)25-19-10-9-17(30-3)13-20(19)31-4/h5-10,12-13,15H,1,11,14H2,2-4H3,(H,25,29). The van der Waals surface area contributed by atoms with Gasteiger partial charge in [-0.2, -0.15) is 0 Å². The Morgan fingerprint density at radius 3 is 2.73 bits per heavy atom. The van der Waals surface area contributed by atoms with Crippen LogP contribution in [0.5, 0.6) is 17.2 Å². The summed E-state index contributed by atoms with van der Waals surface area (Å²) < 4.78 is 18.4. The quantitative estimate of drug-likeness (QED) is 0.300. The lowest BCUT2D eigenvalue weighted by atomic mass is 10.2. The number of nitrogens with one attached hydrogen (secondary N) is 1. The molecule has 3 rings (SSSR count). The maximum Gasteiger partial charge on any atom is 0.234 e. The number of rotatable bonds is 11. The molecular formula is C23H25ClN4O4S. The van der Waals surface area contributed by atoms with E-state index in [1.807, 2.05) is 23.6 Å². The molecule has 33 heavy (non-hydrogen) atoms. The van der Waals surface area contributed by atoms with Gasteiger partial charge in [0.05, 0.1) is 25.7 Å². The van der Waals surface area contributed by atoms with Gasteiger partial charge in [-0.05, 0) is 37.3 Å². The largest absolute Gasteiger partial charge is 0.497 e. The Morgan fingerprint density at radius 1 is 1.21 bits per heavy atom. The lowest BCUT2D eigenvalue weighted by molar-refractivity contribution is -0.113. The molecule has 10 heteroatoms. The van der Waals surface area contributed by atoms with Crippen LogP contribution < -0.4 is 19.5 Å². The minimum atomic E-state index is -0.386. The molecule has 1 N–H and O–H groups in total. The SMILES string of the molecule is C=CCn1c(SCC(=O)Nc2ccc(OC)cc2OC)nnc1C(C)Oc1cccc(Cl)c1. The van der Waals surface area contributed by atoms with Crippen LogP contribution in [0.2, 0.25) is 5.02 Å². The van der Waals surface area contributed by atoms with Crippen LogP contribution in [0, 0.1) is 0 Å². The van der Waals surface area contributed by atoms with E-state index in [1.54, 1.807) is 43.5 Å². The summed E-state index contributed by atoms with van der Waals surface area (Å²) in [5.74, 6) is 2.32. The van der Waals surface area contributed by atoms with E-state index < -0.39 is 0 Å². The Morgan fingerprint density at radius 2 is 2.03 bits per heavy atom. The van der Waals surface area contributed by atoms with Gasteiger partial charge in [-0.25, -0.2) is 0 Å². The van der Waals surface area contributed by atoms with Crippen molar-refractivity contribution in [2.45, 2.75) is 24.7 Å². The minimum Gasteiger partial charge on any atom is -0.497 e. The number of carbonyl (C=O) groups excluding carboxylic acids is 1. The van der Waals surface area contributed by atoms with E-state index in [4.69, 9.17) is 25.8 Å². The highest BCUT2D eigenvalue weighted by Gasteiger charge is 2.20. The first-order valence-electron chi connectivity index (χ1n) is 10.1. The van der Waals surface area contributed by atoms with Crippen LogP contribution >= 0.6 is 23.4 Å². The van der Waals surface area contributed by atoms with Gasteiger partial charge in [-0.15, -0.1) is 16.8 Å². The second-order valence-corrected chi connectivity index (χ2v) is 8.24. The predicted octanol–water partition coefficient (Wildman–Crippen LogP) is 5.01. The molecule has 0 aliphatic carbocycles. The zero-order chi connectivity index (χ0) is 23.8. The highest BCUT2D eigenvalue weighted by Crippen LogP contribution is 2.30. The fourth-order valence-corrected chi connectivity index (χ4v) is 3.96. The molecule has 1 amide bonds. The van der Waals surface area contributed by atoms with Crippen molar-refractivity contribution in [3.05, 3.63) is 66.0 Å². The van der Waals surface area contributed by atoms with Crippen LogP contribution in [-0.2, 0) is 11.3 Å². The summed E-state index contributed by atoms with van der Waals surface area (Å²) >= 11 is 7.31. The number of ether oxygens (including phenoxy) is 3. The number of methoxy groups -OCH3 is 2. The lowest BCUT2D eigenvalue weighted by Crippen LogP contribution is -2.16. The average molecular weight is 489 g/mol. The number of benzene rings is 2. The zero-order valence-corrected chi connectivity index (χ0v) is 20.2. The van der Waals surface area contributed by atoms with Crippen molar-refractivity contribution in [2.24, 2.45) is 0 Å². The lowest BCUT2D eigenvalue weighted by Gasteiger charge is -2.16. The van der Waals surface area contributed by atoms with E-state index in [9.17, 15) is 4.79 Å². The fourth-order valence-electron chi connectivity index (χ4n) is 3.02. The highest BCUT2D eigenvalue weighted by atomic mass is 35.5. The molecule has 0 aliphatic rings. The van der Waals surface area contributed by atoms with Gasteiger partial charge in [-0.3, -0.25) is 9.36 Å². The van der Waals surface area contributed by atoms with Crippen LogP contribution in [0.1, 0.15) is 18.9 Å². The van der Waals surface area contributed by atoms with Gasteiger partial charge in [0.2, 0.25) is 5.91 Å². The zero-order valence-electron chi connectivity index (χ0n) is 18.6. The van der Waals surface area contributed by atoms with Crippen molar-refractivity contribution in [2.75, 3.05) is 25.3 Å². The van der Waals surface area contributed by atoms with Crippen molar-refractivity contribution in [1.29, 1.82) is 0 Å². The van der Waals surface area contributed by atoms with E-state index in [-0.39, 0.29) is 17.8 Å². The van der Waals surface area contributed by atoms with Gasteiger partial charge in [0, 0.05) is 17.6 Å². The summed E-state index contributed by atoms with van der Waals surface area (Å²) in [4.78, 5) is 12.6. The van der Waals surface area contributed by atoms with Crippen LogP contribution in [0.25, 0.3) is 0 Å². The Kier molecular flexibility index (Phi) is 8.62. The van der Waals surface area contributed by atoms with Crippen molar-refractivity contribution in [3.8, 4) is 17.2 Å². The molecule has 3 aromatic rings. The molecule has 1 aromatic heterocycles. The molecule has 1 unspecified atom stereocenters. The second kappa shape index (κ2) is 11.6. The Balaban J connectivity index is 1.68. The maximum atomic E-state index is 12.6. The van der Waals surface area contributed by atoms with Gasteiger partial charge in [-0.1, -0.05) is 35.5 Å². The number of allylic oxidation sites excluding steroid dienone is 1. The summed E-state index contributed by atoms with van der Waals surface area (Å²) in [7, 11) is 3.10. The third kappa shape index (κ3) is 6.43. The number of anilines is 1. The van der Waals surface area contributed by atoms with Crippen molar-refractivity contribution in [3.63, 3.8) is 0 Å². The second-order valence-electron chi connectivity index (χ2n) is 6.86. The monoisotopic (exact) mass is 488 g/mol. The molecule has 174 valence electrons. The Labute approximate surface area is 201 Å². The third-order valence-electron chi connectivity index (χ3n) is 4.54. The number of hydrogen-bond acceptors (Lipinski definition) is 7. The van der Waals surface area contributed by atoms with E-state index >= 15 is 0 Å². The molecule has 1 atom stereocenters. The first-order chi connectivity index (χ1) is 15.9. The molecule has 0 saturated heterocycles. The minimum absolute atomic E-state index is 0.133. The van der Waals surface area contributed by atoms with E-state index in [0.717, 1.165) is 0 Å². The first kappa shape index (κ1) is 24.5. The maximum absolute atomic E-state index is 12.6. The number of nitrogens with zero attached hydrogens (tertiary/aromatic N) is 3. The molecule has 0 radical (unpaired) electrons. The normalized spacial score (nSPS) is 11.5.